The summed E-state index contributed by atoms with van der Waals surface area (Å²) in [5.74, 6) is 0.962. The Morgan fingerprint density at radius 1 is 1.64 bits per heavy atom. The zero-order chi connectivity index (χ0) is 8.10. The molecule has 0 fully saturated rings. The molecule has 0 spiro atoms. The van der Waals surface area contributed by atoms with Gasteiger partial charge >= 0.3 is 0 Å². The van der Waals surface area contributed by atoms with Crippen LogP contribution < -0.4 is 5.73 Å². The van der Waals surface area contributed by atoms with E-state index < -0.39 is 0 Å². The van der Waals surface area contributed by atoms with E-state index in [4.69, 9.17) is 10.2 Å². The van der Waals surface area contributed by atoms with E-state index in [-0.39, 0.29) is 0 Å². The van der Waals surface area contributed by atoms with Crippen molar-refractivity contribution >= 4 is 0 Å². The Bertz CT molecular complexity index is 213. The van der Waals surface area contributed by atoms with Gasteiger partial charge in [0, 0.05) is 6.42 Å². The first-order valence-corrected chi connectivity index (χ1v) is 3.72. The van der Waals surface area contributed by atoms with Crippen molar-refractivity contribution < 1.29 is 4.42 Å². The van der Waals surface area contributed by atoms with Gasteiger partial charge in [-0.3, -0.25) is 0 Å². The summed E-state index contributed by atoms with van der Waals surface area (Å²) in [5, 5.41) is 0. The third-order valence-electron chi connectivity index (χ3n) is 1.50. The Hall–Kier alpha value is -1.02. The first kappa shape index (κ1) is 8.08. The highest BCUT2D eigenvalue weighted by Gasteiger charge is 1.97. The Kier molecular flexibility index (Phi) is 2.93. The quantitative estimate of drug-likeness (QED) is 0.665. The summed E-state index contributed by atoms with van der Waals surface area (Å²) < 4.78 is 5.15. The summed E-state index contributed by atoms with van der Waals surface area (Å²) >= 11 is 0. The van der Waals surface area contributed by atoms with Crippen LogP contribution in [0.5, 0.6) is 0 Å². The van der Waals surface area contributed by atoms with Gasteiger partial charge in [-0.05, 0) is 25.1 Å². The summed E-state index contributed by atoms with van der Waals surface area (Å²) in [4.78, 5) is 0. The Balaban J connectivity index is 2.37. The van der Waals surface area contributed by atoms with Gasteiger partial charge in [0.1, 0.15) is 5.76 Å². The smallest absolute Gasteiger partial charge is 0.107 e. The second kappa shape index (κ2) is 3.98. The van der Waals surface area contributed by atoms with Crippen LogP contribution in [0.15, 0.2) is 35.0 Å². The lowest BCUT2D eigenvalue weighted by Gasteiger charge is -1.99. The fraction of sp³-hybridized carbons (Fsp3) is 0.333. The second-order valence-corrected chi connectivity index (χ2v) is 2.54. The molecule has 0 amide bonds. The SMILES string of the molecule is C=C(CCN)Cc1ccco1. The molecule has 0 saturated heterocycles. The van der Waals surface area contributed by atoms with E-state index in [9.17, 15) is 0 Å². The molecule has 60 valence electrons. The fourth-order valence-electron chi connectivity index (χ4n) is 0.952. The number of furan rings is 1. The Morgan fingerprint density at radius 2 is 2.45 bits per heavy atom. The van der Waals surface area contributed by atoms with E-state index in [1.807, 2.05) is 12.1 Å². The molecule has 1 rings (SSSR count). The van der Waals surface area contributed by atoms with Gasteiger partial charge in [-0.25, -0.2) is 0 Å². The predicted molar refractivity (Wildman–Crippen MR) is 45.2 cm³/mol. The first-order chi connectivity index (χ1) is 5.33. The van der Waals surface area contributed by atoms with Crippen molar-refractivity contribution in [1.29, 1.82) is 0 Å². The Morgan fingerprint density at radius 3 is 3.00 bits per heavy atom. The second-order valence-electron chi connectivity index (χ2n) is 2.54. The molecule has 2 heteroatoms. The minimum atomic E-state index is 0.666. The third kappa shape index (κ3) is 2.60. The summed E-state index contributed by atoms with van der Waals surface area (Å²) in [5.41, 5.74) is 6.49. The van der Waals surface area contributed by atoms with Gasteiger partial charge < -0.3 is 10.2 Å². The topological polar surface area (TPSA) is 39.2 Å². The van der Waals surface area contributed by atoms with E-state index in [1.165, 1.54) is 0 Å². The van der Waals surface area contributed by atoms with Crippen molar-refractivity contribution in [2.75, 3.05) is 6.54 Å². The maximum Gasteiger partial charge on any atom is 0.107 e. The molecular formula is C9H13NO. The van der Waals surface area contributed by atoms with Crippen molar-refractivity contribution in [2.45, 2.75) is 12.8 Å². The molecule has 2 nitrogen and oxygen atoms in total. The van der Waals surface area contributed by atoms with Crippen LogP contribution in [0.3, 0.4) is 0 Å². The van der Waals surface area contributed by atoms with Crippen LogP contribution in [-0.4, -0.2) is 6.54 Å². The minimum absolute atomic E-state index is 0.666. The molecule has 1 aromatic heterocycles. The summed E-state index contributed by atoms with van der Waals surface area (Å²) in [6.07, 6.45) is 3.36. The van der Waals surface area contributed by atoms with Crippen LogP contribution in [0.4, 0.5) is 0 Å². The molecular weight excluding hydrogens is 138 g/mol. The maximum atomic E-state index is 5.37. The standard InChI is InChI=1S/C9H13NO/c1-8(4-5-10)7-9-3-2-6-11-9/h2-3,6H,1,4-5,7,10H2. The van der Waals surface area contributed by atoms with Gasteiger partial charge in [0.25, 0.3) is 0 Å². The monoisotopic (exact) mass is 151 g/mol. The molecule has 0 aromatic carbocycles. The van der Waals surface area contributed by atoms with Crippen LogP contribution in [0.25, 0.3) is 0 Å². The molecule has 1 aromatic rings. The summed E-state index contributed by atoms with van der Waals surface area (Å²) in [6, 6.07) is 3.83. The number of rotatable bonds is 4. The third-order valence-corrected chi connectivity index (χ3v) is 1.50. The molecule has 2 N–H and O–H groups in total. The fourth-order valence-corrected chi connectivity index (χ4v) is 0.952. The summed E-state index contributed by atoms with van der Waals surface area (Å²) in [6.45, 7) is 4.55. The molecule has 0 bridgehead atoms. The van der Waals surface area contributed by atoms with Crippen molar-refractivity contribution in [3.63, 3.8) is 0 Å². The average Bonchev–Trinajstić information content (AvgIpc) is 2.40. The largest absolute Gasteiger partial charge is 0.469 e. The highest BCUT2D eigenvalue weighted by molar-refractivity contribution is 5.09. The molecule has 0 aliphatic carbocycles. The summed E-state index contributed by atoms with van der Waals surface area (Å²) in [7, 11) is 0. The van der Waals surface area contributed by atoms with E-state index in [1.54, 1.807) is 6.26 Å². The molecule has 0 unspecified atom stereocenters. The first-order valence-electron chi connectivity index (χ1n) is 3.72. The van der Waals surface area contributed by atoms with Crippen molar-refractivity contribution in [3.8, 4) is 0 Å². The van der Waals surface area contributed by atoms with Crippen molar-refractivity contribution in [2.24, 2.45) is 5.73 Å². The number of hydrogen-bond donors (Lipinski definition) is 1. The lowest BCUT2D eigenvalue weighted by atomic mass is 10.1. The van der Waals surface area contributed by atoms with Gasteiger partial charge in [0.05, 0.1) is 6.26 Å². The maximum absolute atomic E-state index is 5.37. The van der Waals surface area contributed by atoms with Crippen molar-refractivity contribution in [3.05, 3.63) is 36.3 Å². The van der Waals surface area contributed by atoms with Crippen LogP contribution in [0, 0.1) is 0 Å². The molecule has 1 heterocycles. The van der Waals surface area contributed by atoms with Gasteiger partial charge in [-0.1, -0.05) is 12.2 Å². The number of hydrogen-bond acceptors (Lipinski definition) is 2. The van der Waals surface area contributed by atoms with E-state index in [0.29, 0.717) is 6.54 Å². The van der Waals surface area contributed by atoms with Gasteiger partial charge in [0.2, 0.25) is 0 Å². The molecule has 0 aliphatic rings. The molecule has 0 aliphatic heterocycles. The highest BCUT2D eigenvalue weighted by atomic mass is 16.3. The average molecular weight is 151 g/mol. The van der Waals surface area contributed by atoms with Crippen LogP contribution in [0.2, 0.25) is 0 Å². The van der Waals surface area contributed by atoms with Gasteiger partial charge in [-0.15, -0.1) is 0 Å². The zero-order valence-corrected chi connectivity index (χ0v) is 6.55. The molecule has 0 saturated carbocycles. The van der Waals surface area contributed by atoms with Crippen molar-refractivity contribution in [1.82, 2.24) is 0 Å². The Labute approximate surface area is 66.7 Å². The van der Waals surface area contributed by atoms with Crippen LogP contribution >= 0.6 is 0 Å². The number of nitrogens with two attached hydrogens (primary N) is 1. The minimum Gasteiger partial charge on any atom is -0.469 e. The molecule has 11 heavy (non-hydrogen) atoms. The van der Waals surface area contributed by atoms with Crippen LogP contribution in [0.1, 0.15) is 12.2 Å². The van der Waals surface area contributed by atoms with E-state index >= 15 is 0 Å². The zero-order valence-electron chi connectivity index (χ0n) is 6.55. The lowest BCUT2D eigenvalue weighted by Crippen LogP contribution is -2.00. The van der Waals surface area contributed by atoms with E-state index in [0.717, 1.165) is 24.2 Å². The van der Waals surface area contributed by atoms with Gasteiger partial charge in [0.15, 0.2) is 0 Å². The molecule has 0 radical (unpaired) electrons. The predicted octanol–water partition coefficient (Wildman–Crippen LogP) is 1.73. The van der Waals surface area contributed by atoms with E-state index in [2.05, 4.69) is 6.58 Å². The lowest BCUT2D eigenvalue weighted by molar-refractivity contribution is 0.517. The molecule has 0 atom stereocenters. The van der Waals surface area contributed by atoms with Gasteiger partial charge in [-0.2, -0.15) is 0 Å². The van der Waals surface area contributed by atoms with Crippen LogP contribution in [-0.2, 0) is 6.42 Å². The highest BCUT2D eigenvalue weighted by Crippen LogP contribution is 2.08. The normalized spacial score (nSPS) is 9.91.